The van der Waals surface area contributed by atoms with Gasteiger partial charge in [-0.25, -0.2) is 19.7 Å². The fourth-order valence-corrected chi connectivity index (χ4v) is 5.33. The number of halogens is 1. The number of hydrogen-bond acceptors (Lipinski definition) is 8. The number of amides is 2. The molecule has 0 radical (unpaired) electrons. The molecule has 36 heavy (non-hydrogen) atoms. The number of hydrogen-bond donors (Lipinski definition) is 4. The lowest BCUT2D eigenvalue weighted by Gasteiger charge is -2.35. The summed E-state index contributed by atoms with van der Waals surface area (Å²) < 4.78 is 14.3. The Morgan fingerprint density at radius 2 is 2.06 bits per heavy atom. The molecule has 0 fully saturated rings. The topological polar surface area (TPSA) is 132 Å². The molecular weight excluding hydrogens is 485 g/mol. The van der Waals surface area contributed by atoms with Crippen molar-refractivity contribution in [1.82, 2.24) is 25.2 Å². The van der Waals surface area contributed by atoms with Crippen LogP contribution in [0.15, 0.2) is 36.7 Å². The fraction of sp³-hybridized carbons (Fsp3) is 0.292. The highest BCUT2D eigenvalue weighted by Gasteiger charge is 2.32. The van der Waals surface area contributed by atoms with Crippen molar-refractivity contribution in [1.29, 1.82) is 0 Å². The normalized spacial score (nSPS) is 15.7. The van der Waals surface area contributed by atoms with Gasteiger partial charge in [-0.1, -0.05) is 0 Å². The maximum Gasteiger partial charge on any atom is 0.407 e. The van der Waals surface area contributed by atoms with E-state index < -0.39 is 23.6 Å². The molecule has 2 amide bonds. The summed E-state index contributed by atoms with van der Waals surface area (Å²) in [5, 5.41) is 20.7. The van der Waals surface area contributed by atoms with Crippen molar-refractivity contribution in [2.24, 2.45) is 0 Å². The molecule has 12 heteroatoms. The molecule has 0 bridgehead atoms. The van der Waals surface area contributed by atoms with Gasteiger partial charge in [-0.3, -0.25) is 4.79 Å². The number of pyridine rings is 1. The van der Waals surface area contributed by atoms with Gasteiger partial charge in [0.15, 0.2) is 0 Å². The van der Waals surface area contributed by atoms with Gasteiger partial charge in [-0.15, -0.1) is 11.3 Å². The lowest BCUT2D eigenvalue weighted by molar-refractivity contribution is 0.0838. The average Bonchev–Trinajstić information content (AvgIpc) is 3.11. The van der Waals surface area contributed by atoms with Gasteiger partial charge in [-0.2, -0.15) is 4.39 Å². The first-order valence-corrected chi connectivity index (χ1v) is 12.1. The van der Waals surface area contributed by atoms with Crippen LogP contribution >= 0.6 is 11.3 Å². The van der Waals surface area contributed by atoms with Crippen LogP contribution in [0.2, 0.25) is 0 Å². The number of carboxylic acid groups (broad SMARTS) is 1. The molecule has 1 atom stereocenters. The van der Waals surface area contributed by atoms with Crippen LogP contribution in [0.1, 0.15) is 30.4 Å². The summed E-state index contributed by atoms with van der Waals surface area (Å²) in [5.74, 6) is -0.115. The zero-order valence-electron chi connectivity index (χ0n) is 19.8. The van der Waals surface area contributed by atoms with E-state index in [0.29, 0.717) is 28.4 Å². The standard InChI is InChI=1S/C24H24FN7O3S/c1-24(2,3)32(23(34)35)10-12-9-26-20-19-13-4-7-17(31-18-8-16(25)27-11-28-18)30-14(13)5-6-15(19)36-21(20)22(33)29-12/h4-8,11-12,26H,9-10H2,1-3H3,(H,29,33)(H,34,35)(H,27,28,30,31)/t12-/m0/s1. The molecular formula is C24H24FN7O3S. The van der Waals surface area contributed by atoms with Gasteiger partial charge in [0.05, 0.1) is 17.2 Å². The molecule has 0 saturated carbocycles. The van der Waals surface area contributed by atoms with Crippen LogP contribution in [0, 0.1) is 5.95 Å². The lowest BCUT2D eigenvalue weighted by atomic mass is 10.1. The van der Waals surface area contributed by atoms with Crippen molar-refractivity contribution in [2.75, 3.05) is 23.7 Å². The van der Waals surface area contributed by atoms with Gasteiger partial charge in [-0.05, 0) is 45.0 Å². The molecule has 1 aromatic carbocycles. The minimum absolute atomic E-state index is 0.158. The number of carbonyl (C=O) groups excluding carboxylic acids is 1. The van der Waals surface area contributed by atoms with Crippen molar-refractivity contribution in [3.63, 3.8) is 0 Å². The molecule has 4 N–H and O–H groups in total. The molecule has 0 spiro atoms. The molecule has 1 aliphatic rings. The van der Waals surface area contributed by atoms with Crippen LogP contribution < -0.4 is 16.0 Å². The summed E-state index contributed by atoms with van der Waals surface area (Å²) in [5.41, 5.74) is 0.792. The maximum atomic E-state index is 13.4. The Balaban J connectivity index is 1.47. The summed E-state index contributed by atoms with van der Waals surface area (Å²) >= 11 is 1.37. The van der Waals surface area contributed by atoms with Gasteiger partial charge < -0.3 is 26.0 Å². The minimum Gasteiger partial charge on any atom is -0.465 e. The van der Waals surface area contributed by atoms with Gasteiger partial charge in [0.2, 0.25) is 5.95 Å². The van der Waals surface area contributed by atoms with E-state index in [0.717, 1.165) is 21.8 Å². The molecule has 5 rings (SSSR count). The van der Waals surface area contributed by atoms with Crippen molar-refractivity contribution >= 4 is 61.6 Å². The number of aromatic nitrogens is 3. The third-order valence-electron chi connectivity index (χ3n) is 5.92. The molecule has 0 unspecified atom stereocenters. The Bertz CT molecular complexity index is 1500. The summed E-state index contributed by atoms with van der Waals surface area (Å²) in [6, 6.07) is 8.21. The summed E-state index contributed by atoms with van der Waals surface area (Å²) in [4.78, 5) is 38.9. The molecule has 10 nitrogen and oxygen atoms in total. The van der Waals surface area contributed by atoms with E-state index in [9.17, 15) is 19.1 Å². The van der Waals surface area contributed by atoms with Gasteiger partial charge in [0.25, 0.3) is 5.91 Å². The Kier molecular flexibility index (Phi) is 5.83. The third kappa shape index (κ3) is 4.47. The van der Waals surface area contributed by atoms with Crippen LogP contribution in [-0.2, 0) is 0 Å². The maximum absolute atomic E-state index is 13.4. The monoisotopic (exact) mass is 509 g/mol. The van der Waals surface area contributed by atoms with Gasteiger partial charge >= 0.3 is 6.09 Å². The van der Waals surface area contributed by atoms with Crippen LogP contribution in [0.3, 0.4) is 0 Å². The zero-order chi connectivity index (χ0) is 25.6. The highest BCUT2D eigenvalue weighted by Crippen LogP contribution is 2.41. The SMILES string of the molecule is CC(C)(C)N(C[C@@H]1CNc2c(sc3ccc4nc(Nc5cc(F)ncn5)ccc4c23)C(=O)N1)C(=O)O. The number of fused-ring (bicyclic) bond motifs is 5. The van der Waals surface area contributed by atoms with Crippen molar-refractivity contribution < 1.29 is 19.1 Å². The second kappa shape index (κ2) is 8.86. The van der Waals surface area contributed by atoms with E-state index in [1.54, 1.807) is 6.07 Å². The van der Waals surface area contributed by atoms with E-state index in [2.05, 4.69) is 30.9 Å². The quantitative estimate of drug-likeness (QED) is 0.297. The number of benzene rings is 1. The summed E-state index contributed by atoms with van der Waals surface area (Å²) in [6.07, 6.45) is 0.0942. The first kappa shape index (κ1) is 23.7. The summed E-state index contributed by atoms with van der Waals surface area (Å²) in [7, 11) is 0. The second-order valence-electron chi connectivity index (χ2n) is 9.47. The molecule has 0 saturated heterocycles. The number of anilines is 3. The van der Waals surface area contributed by atoms with E-state index in [1.807, 2.05) is 39.0 Å². The predicted octanol–water partition coefficient (Wildman–Crippen LogP) is 4.42. The molecule has 1 aliphatic heterocycles. The van der Waals surface area contributed by atoms with E-state index in [4.69, 9.17) is 0 Å². The number of carbonyl (C=O) groups is 2. The lowest BCUT2D eigenvalue weighted by Crippen LogP contribution is -2.53. The third-order valence-corrected chi connectivity index (χ3v) is 7.08. The Hall–Kier alpha value is -4.06. The van der Waals surface area contributed by atoms with E-state index in [1.165, 1.54) is 22.3 Å². The highest BCUT2D eigenvalue weighted by atomic mass is 32.1. The number of nitrogens with zero attached hydrogens (tertiary/aromatic N) is 4. The van der Waals surface area contributed by atoms with Crippen LogP contribution in [-0.4, -0.2) is 61.6 Å². The summed E-state index contributed by atoms with van der Waals surface area (Å²) in [6.45, 7) is 5.99. The minimum atomic E-state index is -1.03. The fourth-order valence-electron chi connectivity index (χ4n) is 4.23. The molecule has 4 heterocycles. The highest BCUT2D eigenvalue weighted by molar-refractivity contribution is 7.21. The number of thiophene rings is 1. The first-order chi connectivity index (χ1) is 17.1. The Morgan fingerprint density at radius 3 is 2.78 bits per heavy atom. The van der Waals surface area contributed by atoms with Crippen LogP contribution in [0.25, 0.3) is 21.0 Å². The van der Waals surface area contributed by atoms with Crippen LogP contribution in [0.4, 0.5) is 26.5 Å². The predicted molar refractivity (Wildman–Crippen MR) is 137 cm³/mol. The molecule has 4 aromatic rings. The first-order valence-electron chi connectivity index (χ1n) is 11.3. The van der Waals surface area contributed by atoms with E-state index in [-0.39, 0.29) is 18.3 Å². The largest absolute Gasteiger partial charge is 0.465 e. The molecule has 0 aliphatic carbocycles. The smallest absolute Gasteiger partial charge is 0.407 e. The van der Waals surface area contributed by atoms with E-state index >= 15 is 0 Å². The zero-order valence-corrected chi connectivity index (χ0v) is 20.6. The average molecular weight is 510 g/mol. The van der Waals surface area contributed by atoms with Crippen LogP contribution in [0.5, 0.6) is 0 Å². The number of nitrogens with one attached hydrogen (secondary N) is 3. The van der Waals surface area contributed by atoms with Gasteiger partial charge in [0.1, 0.15) is 22.8 Å². The number of rotatable bonds is 4. The van der Waals surface area contributed by atoms with Crippen molar-refractivity contribution in [3.8, 4) is 0 Å². The van der Waals surface area contributed by atoms with Crippen molar-refractivity contribution in [3.05, 3.63) is 47.5 Å². The van der Waals surface area contributed by atoms with Crippen molar-refractivity contribution in [2.45, 2.75) is 32.4 Å². The Morgan fingerprint density at radius 1 is 1.25 bits per heavy atom. The Labute approximate surface area is 209 Å². The second-order valence-corrected chi connectivity index (χ2v) is 10.5. The van der Waals surface area contributed by atoms with Gasteiger partial charge in [0, 0.05) is 40.2 Å². The molecule has 3 aromatic heterocycles. The molecule has 186 valence electrons.